The molecule has 2 saturated heterocycles. The highest BCUT2D eigenvalue weighted by Gasteiger charge is 2.39. The maximum absolute atomic E-state index is 2.82. The Bertz CT molecular complexity index is 970. The SMILES string of the molecule is Cc1cccc(CCN2C3CCC2CC(=C(c2ccccc2)c2ccsc2)C3)c1. The van der Waals surface area contributed by atoms with E-state index < -0.39 is 0 Å². The molecular formula is C27H29NS. The number of aryl methyl sites for hydroxylation is 1. The maximum Gasteiger partial charge on any atom is 0.0136 e. The highest BCUT2D eigenvalue weighted by atomic mass is 32.1. The van der Waals surface area contributed by atoms with Crippen molar-refractivity contribution in [1.82, 2.24) is 4.90 Å². The number of rotatable bonds is 5. The fraction of sp³-hybridized carbons (Fsp3) is 0.333. The smallest absolute Gasteiger partial charge is 0.0136 e. The van der Waals surface area contributed by atoms with Crippen LogP contribution in [-0.2, 0) is 6.42 Å². The molecule has 2 aromatic carbocycles. The van der Waals surface area contributed by atoms with Gasteiger partial charge in [0.25, 0.3) is 0 Å². The predicted octanol–water partition coefficient (Wildman–Crippen LogP) is 6.73. The quantitative estimate of drug-likeness (QED) is 0.460. The second-order valence-corrected chi connectivity index (χ2v) is 9.41. The van der Waals surface area contributed by atoms with Crippen LogP contribution in [0.25, 0.3) is 5.57 Å². The lowest BCUT2D eigenvalue weighted by molar-refractivity contribution is 0.168. The van der Waals surface area contributed by atoms with Gasteiger partial charge in [0.15, 0.2) is 0 Å². The van der Waals surface area contributed by atoms with E-state index in [1.54, 1.807) is 16.9 Å². The summed E-state index contributed by atoms with van der Waals surface area (Å²) in [5, 5.41) is 4.53. The molecule has 0 spiro atoms. The van der Waals surface area contributed by atoms with Gasteiger partial charge in [0, 0.05) is 18.6 Å². The Balaban J connectivity index is 1.39. The highest BCUT2D eigenvalue weighted by molar-refractivity contribution is 7.08. The largest absolute Gasteiger partial charge is 0.296 e. The first-order valence-corrected chi connectivity index (χ1v) is 11.8. The first kappa shape index (κ1) is 18.8. The number of fused-ring (bicyclic) bond motifs is 2. The molecule has 5 rings (SSSR count). The Morgan fingerprint density at radius 2 is 1.72 bits per heavy atom. The molecule has 148 valence electrons. The molecule has 0 N–H and O–H groups in total. The summed E-state index contributed by atoms with van der Waals surface area (Å²) in [6, 6.07) is 23.8. The Kier molecular flexibility index (Phi) is 5.39. The molecule has 0 amide bonds. The molecular weight excluding hydrogens is 370 g/mol. The molecule has 0 radical (unpaired) electrons. The number of piperidine rings is 1. The van der Waals surface area contributed by atoms with Crippen LogP contribution >= 0.6 is 11.3 Å². The van der Waals surface area contributed by atoms with E-state index in [1.807, 2.05) is 0 Å². The fourth-order valence-corrected chi connectivity index (χ4v) is 6.03. The van der Waals surface area contributed by atoms with Gasteiger partial charge in [-0.1, -0.05) is 65.7 Å². The van der Waals surface area contributed by atoms with Crippen LogP contribution in [0, 0.1) is 6.92 Å². The minimum Gasteiger partial charge on any atom is -0.296 e. The van der Waals surface area contributed by atoms with Crippen LogP contribution in [-0.4, -0.2) is 23.5 Å². The van der Waals surface area contributed by atoms with E-state index in [9.17, 15) is 0 Å². The van der Waals surface area contributed by atoms with Crippen LogP contribution in [0.5, 0.6) is 0 Å². The van der Waals surface area contributed by atoms with Gasteiger partial charge in [-0.05, 0) is 78.1 Å². The van der Waals surface area contributed by atoms with E-state index in [4.69, 9.17) is 0 Å². The topological polar surface area (TPSA) is 3.24 Å². The van der Waals surface area contributed by atoms with Crippen molar-refractivity contribution in [1.29, 1.82) is 0 Å². The first-order valence-electron chi connectivity index (χ1n) is 10.9. The first-order chi connectivity index (χ1) is 14.3. The van der Waals surface area contributed by atoms with Gasteiger partial charge in [-0.15, -0.1) is 0 Å². The minimum atomic E-state index is 0.714. The molecule has 29 heavy (non-hydrogen) atoms. The molecule has 2 atom stereocenters. The lowest BCUT2D eigenvalue weighted by atomic mass is 9.86. The molecule has 2 aliphatic rings. The normalized spacial score (nSPS) is 21.5. The summed E-state index contributed by atoms with van der Waals surface area (Å²) >= 11 is 1.81. The van der Waals surface area contributed by atoms with Crippen LogP contribution < -0.4 is 0 Å². The summed E-state index contributed by atoms with van der Waals surface area (Å²) in [7, 11) is 0. The molecule has 3 aromatic rings. The molecule has 2 aliphatic heterocycles. The molecule has 1 nitrogen and oxygen atoms in total. The van der Waals surface area contributed by atoms with Crippen molar-refractivity contribution in [3.8, 4) is 0 Å². The molecule has 2 unspecified atom stereocenters. The number of thiophene rings is 1. The van der Waals surface area contributed by atoms with Gasteiger partial charge in [0.2, 0.25) is 0 Å². The summed E-state index contributed by atoms with van der Waals surface area (Å²) in [6.45, 7) is 3.39. The van der Waals surface area contributed by atoms with Gasteiger partial charge in [-0.2, -0.15) is 11.3 Å². The average molecular weight is 400 g/mol. The van der Waals surface area contributed by atoms with E-state index in [0.29, 0.717) is 12.1 Å². The third kappa shape index (κ3) is 3.97. The average Bonchev–Trinajstić information content (AvgIpc) is 3.34. The zero-order valence-corrected chi connectivity index (χ0v) is 18.0. The van der Waals surface area contributed by atoms with Crippen LogP contribution in [0.1, 0.15) is 47.9 Å². The third-order valence-corrected chi connectivity index (χ3v) is 7.39. The zero-order chi connectivity index (χ0) is 19.6. The predicted molar refractivity (Wildman–Crippen MR) is 124 cm³/mol. The molecule has 1 aromatic heterocycles. The van der Waals surface area contributed by atoms with Crippen molar-refractivity contribution in [3.05, 3.63) is 99.3 Å². The second-order valence-electron chi connectivity index (χ2n) is 8.63. The molecule has 2 bridgehead atoms. The monoisotopic (exact) mass is 399 g/mol. The van der Waals surface area contributed by atoms with Crippen LogP contribution in [0.4, 0.5) is 0 Å². The Hall–Kier alpha value is -2.16. The molecule has 0 aliphatic carbocycles. The molecule has 2 fully saturated rings. The Morgan fingerprint density at radius 1 is 0.931 bits per heavy atom. The number of benzene rings is 2. The Morgan fingerprint density at radius 3 is 2.41 bits per heavy atom. The summed E-state index contributed by atoms with van der Waals surface area (Å²) in [6.07, 6.45) is 6.33. The van der Waals surface area contributed by atoms with Gasteiger partial charge in [-0.3, -0.25) is 4.90 Å². The minimum absolute atomic E-state index is 0.714. The van der Waals surface area contributed by atoms with Crippen LogP contribution in [0.3, 0.4) is 0 Å². The van der Waals surface area contributed by atoms with E-state index in [-0.39, 0.29) is 0 Å². The van der Waals surface area contributed by atoms with Crippen molar-refractivity contribution >= 4 is 16.9 Å². The highest BCUT2D eigenvalue weighted by Crippen LogP contribution is 2.43. The van der Waals surface area contributed by atoms with Crippen molar-refractivity contribution < 1.29 is 0 Å². The molecule has 3 heterocycles. The second kappa shape index (κ2) is 8.30. The summed E-state index contributed by atoms with van der Waals surface area (Å²) < 4.78 is 0. The van der Waals surface area contributed by atoms with Crippen molar-refractivity contribution in [2.24, 2.45) is 0 Å². The fourth-order valence-electron chi connectivity index (χ4n) is 5.39. The number of hydrogen-bond acceptors (Lipinski definition) is 2. The number of hydrogen-bond donors (Lipinski definition) is 0. The lowest BCUT2D eigenvalue weighted by Gasteiger charge is -2.37. The summed E-state index contributed by atoms with van der Waals surface area (Å²) in [5.41, 5.74) is 8.82. The van der Waals surface area contributed by atoms with Gasteiger partial charge in [0.1, 0.15) is 0 Å². The molecule has 2 heteroatoms. The summed E-state index contributed by atoms with van der Waals surface area (Å²) in [5.74, 6) is 0. The lowest BCUT2D eigenvalue weighted by Crippen LogP contribution is -2.41. The van der Waals surface area contributed by atoms with Gasteiger partial charge >= 0.3 is 0 Å². The third-order valence-electron chi connectivity index (χ3n) is 6.70. The Labute approximate surface area is 178 Å². The standard InChI is InChI=1S/C27H29NS/c1-20-6-5-7-21(16-20)12-14-28-25-10-11-26(28)18-24(17-25)27(23-13-15-29-19-23)22-8-3-2-4-9-22/h2-9,13,15-16,19,25-26H,10-12,14,17-18H2,1H3. The van der Waals surface area contributed by atoms with Gasteiger partial charge in [0.05, 0.1) is 0 Å². The molecule has 0 saturated carbocycles. The van der Waals surface area contributed by atoms with Gasteiger partial charge < -0.3 is 0 Å². The van der Waals surface area contributed by atoms with E-state index in [2.05, 4.69) is 83.2 Å². The maximum atomic E-state index is 2.82. The van der Waals surface area contributed by atoms with Gasteiger partial charge in [-0.25, -0.2) is 0 Å². The zero-order valence-electron chi connectivity index (χ0n) is 17.2. The van der Waals surface area contributed by atoms with E-state index in [1.165, 1.54) is 66.5 Å². The summed E-state index contributed by atoms with van der Waals surface area (Å²) in [4.78, 5) is 2.82. The van der Waals surface area contributed by atoms with E-state index >= 15 is 0 Å². The van der Waals surface area contributed by atoms with Crippen molar-refractivity contribution in [2.75, 3.05) is 6.54 Å². The van der Waals surface area contributed by atoms with Crippen LogP contribution in [0.2, 0.25) is 0 Å². The van der Waals surface area contributed by atoms with Crippen molar-refractivity contribution in [2.45, 2.75) is 51.1 Å². The number of nitrogens with zero attached hydrogens (tertiary/aromatic N) is 1. The van der Waals surface area contributed by atoms with Crippen molar-refractivity contribution in [3.63, 3.8) is 0 Å². The van der Waals surface area contributed by atoms with E-state index in [0.717, 1.165) is 0 Å². The van der Waals surface area contributed by atoms with Crippen LogP contribution in [0.15, 0.2) is 77.0 Å².